The molecule has 0 radical (unpaired) electrons. The van der Waals surface area contributed by atoms with Crippen molar-refractivity contribution < 1.29 is 10.2 Å². The molecule has 0 amide bonds. The Bertz CT molecular complexity index is 953. The van der Waals surface area contributed by atoms with E-state index in [9.17, 15) is 10.2 Å². The molecular formula is C25H32N2O2. The van der Waals surface area contributed by atoms with E-state index in [1.807, 2.05) is 24.3 Å². The fourth-order valence-corrected chi connectivity index (χ4v) is 4.74. The molecule has 0 bridgehead atoms. The van der Waals surface area contributed by atoms with Crippen LogP contribution >= 0.6 is 0 Å². The third-order valence-corrected chi connectivity index (χ3v) is 6.29. The Morgan fingerprint density at radius 2 is 1.66 bits per heavy atom. The normalized spacial score (nSPS) is 15.2. The summed E-state index contributed by atoms with van der Waals surface area (Å²) >= 11 is 0. The number of hydrogen-bond donors (Lipinski definition) is 3. The van der Waals surface area contributed by atoms with Crippen LogP contribution in [0.4, 0.5) is 0 Å². The average molecular weight is 393 g/mol. The summed E-state index contributed by atoms with van der Waals surface area (Å²) in [5.41, 5.74) is 4.59. The number of aromatic nitrogens is 1. The van der Waals surface area contributed by atoms with Gasteiger partial charge < -0.3 is 20.1 Å². The van der Waals surface area contributed by atoms with Gasteiger partial charge in [-0.15, -0.1) is 0 Å². The molecule has 4 nitrogen and oxygen atoms in total. The summed E-state index contributed by atoms with van der Waals surface area (Å²) in [5, 5.41) is 24.5. The van der Waals surface area contributed by atoms with Crippen LogP contribution in [0, 0.1) is 6.92 Å². The Morgan fingerprint density at radius 3 is 2.41 bits per heavy atom. The number of unbranched alkanes of at least 4 members (excludes halogenated alkanes) is 1. The first-order valence-electron chi connectivity index (χ1n) is 11.0. The van der Waals surface area contributed by atoms with Crippen LogP contribution in [0.5, 0.6) is 11.5 Å². The Morgan fingerprint density at radius 1 is 0.931 bits per heavy atom. The van der Waals surface area contributed by atoms with Gasteiger partial charge in [0.05, 0.1) is 5.69 Å². The van der Waals surface area contributed by atoms with E-state index in [0.717, 1.165) is 42.4 Å². The lowest BCUT2D eigenvalue weighted by Gasteiger charge is -2.22. The van der Waals surface area contributed by atoms with Crippen LogP contribution in [0.2, 0.25) is 0 Å². The molecule has 1 saturated carbocycles. The number of hydrogen-bond acceptors (Lipinski definition) is 3. The van der Waals surface area contributed by atoms with Crippen LogP contribution in [0.15, 0.2) is 42.5 Å². The second kappa shape index (κ2) is 8.91. The van der Waals surface area contributed by atoms with Crippen molar-refractivity contribution in [2.75, 3.05) is 6.54 Å². The average Bonchev–Trinajstić information content (AvgIpc) is 3.00. The van der Waals surface area contributed by atoms with Gasteiger partial charge in [-0.1, -0.05) is 19.3 Å². The highest BCUT2D eigenvalue weighted by Crippen LogP contribution is 2.35. The summed E-state index contributed by atoms with van der Waals surface area (Å²) < 4.78 is 2.37. The minimum atomic E-state index is 0.278. The fraction of sp³-hybridized carbons (Fsp3) is 0.440. The van der Waals surface area contributed by atoms with Crippen LogP contribution in [0.1, 0.15) is 50.5 Å². The van der Waals surface area contributed by atoms with E-state index in [1.165, 1.54) is 43.4 Å². The van der Waals surface area contributed by atoms with Crippen LogP contribution in [-0.4, -0.2) is 27.4 Å². The number of fused-ring (bicyclic) bond motifs is 1. The second-order valence-corrected chi connectivity index (χ2v) is 8.37. The zero-order chi connectivity index (χ0) is 20.2. The van der Waals surface area contributed by atoms with E-state index in [0.29, 0.717) is 11.8 Å². The highest BCUT2D eigenvalue weighted by molar-refractivity contribution is 5.92. The van der Waals surface area contributed by atoms with E-state index in [4.69, 9.17) is 0 Å². The van der Waals surface area contributed by atoms with Gasteiger partial charge in [-0.3, -0.25) is 0 Å². The molecule has 1 aromatic heterocycles. The number of rotatable bonds is 7. The molecule has 4 heteroatoms. The van der Waals surface area contributed by atoms with Gasteiger partial charge in [-0.25, -0.2) is 0 Å². The van der Waals surface area contributed by atoms with Crippen LogP contribution < -0.4 is 5.32 Å². The predicted molar refractivity (Wildman–Crippen MR) is 120 cm³/mol. The SMILES string of the molecule is Cc1c(-c2ccc(O)cc2)n(CCCCNC2CCCCC2)c2ccc(O)cc12. The van der Waals surface area contributed by atoms with Crippen LogP contribution in [0.25, 0.3) is 22.2 Å². The second-order valence-electron chi connectivity index (χ2n) is 8.37. The first-order valence-corrected chi connectivity index (χ1v) is 11.0. The van der Waals surface area contributed by atoms with Gasteiger partial charge >= 0.3 is 0 Å². The minimum Gasteiger partial charge on any atom is -0.508 e. The zero-order valence-corrected chi connectivity index (χ0v) is 17.3. The van der Waals surface area contributed by atoms with Gasteiger partial charge in [0.15, 0.2) is 0 Å². The van der Waals surface area contributed by atoms with Gasteiger partial charge in [0.1, 0.15) is 11.5 Å². The molecule has 1 aliphatic rings. The number of aryl methyl sites for hydroxylation is 2. The molecule has 1 aliphatic carbocycles. The lowest BCUT2D eigenvalue weighted by molar-refractivity contribution is 0.369. The van der Waals surface area contributed by atoms with Gasteiger partial charge in [-0.2, -0.15) is 0 Å². The highest BCUT2D eigenvalue weighted by atomic mass is 16.3. The summed E-state index contributed by atoms with van der Waals surface area (Å²) in [6, 6.07) is 13.8. The van der Waals surface area contributed by atoms with Crippen molar-refractivity contribution in [3.63, 3.8) is 0 Å². The number of aromatic hydroxyl groups is 2. The standard InChI is InChI=1S/C25H32N2O2/c1-18-23-17-22(29)13-14-24(23)27(25(18)19-9-11-21(28)12-10-19)16-6-5-15-26-20-7-3-2-4-8-20/h9-14,17,20,26,28-29H,2-8,15-16H2,1H3. The summed E-state index contributed by atoms with van der Waals surface area (Å²) in [7, 11) is 0. The summed E-state index contributed by atoms with van der Waals surface area (Å²) in [6.45, 7) is 4.14. The molecule has 0 unspecified atom stereocenters. The zero-order valence-electron chi connectivity index (χ0n) is 17.3. The third kappa shape index (κ3) is 4.43. The Kier molecular flexibility index (Phi) is 6.10. The first kappa shape index (κ1) is 19.8. The van der Waals surface area contributed by atoms with Gasteiger partial charge in [0, 0.05) is 23.5 Å². The maximum absolute atomic E-state index is 9.98. The molecule has 0 saturated heterocycles. The van der Waals surface area contributed by atoms with E-state index in [1.54, 1.807) is 18.2 Å². The molecule has 1 heterocycles. The topological polar surface area (TPSA) is 57.4 Å². The quantitative estimate of drug-likeness (QED) is 0.450. The highest BCUT2D eigenvalue weighted by Gasteiger charge is 2.16. The molecular weight excluding hydrogens is 360 g/mol. The van der Waals surface area contributed by atoms with E-state index in [2.05, 4.69) is 16.8 Å². The molecule has 154 valence electrons. The largest absolute Gasteiger partial charge is 0.508 e. The van der Waals surface area contributed by atoms with Crippen molar-refractivity contribution in [3.05, 3.63) is 48.0 Å². The summed E-state index contributed by atoms with van der Waals surface area (Å²) in [4.78, 5) is 0. The lowest BCUT2D eigenvalue weighted by atomic mass is 9.95. The molecule has 1 fully saturated rings. The molecule has 4 rings (SSSR count). The fourth-order valence-electron chi connectivity index (χ4n) is 4.74. The predicted octanol–water partition coefficient (Wildman–Crippen LogP) is 5.73. The van der Waals surface area contributed by atoms with Crippen molar-refractivity contribution in [3.8, 4) is 22.8 Å². The van der Waals surface area contributed by atoms with Crippen molar-refractivity contribution in [1.82, 2.24) is 9.88 Å². The molecule has 0 aliphatic heterocycles. The third-order valence-electron chi connectivity index (χ3n) is 6.29. The van der Waals surface area contributed by atoms with E-state index >= 15 is 0 Å². The minimum absolute atomic E-state index is 0.278. The van der Waals surface area contributed by atoms with Crippen LogP contribution in [0.3, 0.4) is 0 Å². The van der Waals surface area contributed by atoms with Crippen molar-refractivity contribution in [2.24, 2.45) is 0 Å². The Hall–Kier alpha value is -2.46. The maximum Gasteiger partial charge on any atom is 0.116 e. The van der Waals surface area contributed by atoms with Crippen molar-refractivity contribution in [2.45, 2.75) is 64.5 Å². The van der Waals surface area contributed by atoms with Crippen molar-refractivity contribution in [1.29, 1.82) is 0 Å². The van der Waals surface area contributed by atoms with Gasteiger partial charge in [-0.05, 0) is 92.7 Å². The van der Waals surface area contributed by atoms with E-state index in [-0.39, 0.29) is 5.75 Å². The Labute approximate surface area is 173 Å². The molecule has 29 heavy (non-hydrogen) atoms. The molecule has 0 spiro atoms. The lowest BCUT2D eigenvalue weighted by Crippen LogP contribution is -2.31. The monoisotopic (exact) mass is 392 g/mol. The number of phenolic OH excluding ortho intramolecular Hbond substituents is 2. The summed E-state index contributed by atoms with van der Waals surface area (Å²) in [5.74, 6) is 0.576. The number of phenols is 2. The molecule has 0 atom stereocenters. The smallest absolute Gasteiger partial charge is 0.116 e. The summed E-state index contributed by atoms with van der Waals surface area (Å²) in [6.07, 6.45) is 9.06. The first-order chi connectivity index (χ1) is 14.1. The van der Waals surface area contributed by atoms with Crippen LogP contribution in [-0.2, 0) is 6.54 Å². The maximum atomic E-state index is 9.98. The number of nitrogens with one attached hydrogen (secondary N) is 1. The van der Waals surface area contributed by atoms with Crippen molar-refractivity contribution >= 4 is 10.9 Å². The Balaban J connectivity index is 1.52. The van der Waals surface area contributed by atoms with Gasteiger partial charge in [0.25, 0.3) is 0 Å². The number of nitrogens with zero attached hydrogens (tertiary/aromatic N) is 1. The molecule has 3 aromatic rings. The molecule has 2 aromatic carbocycles. The van der Waals surface area contributed by atoms with Gasteiger partial charge in [0.2, 0.25) is 0 Å². The van der Waals surface area contributed by atoms with E-state index < -0.39 is 0 Å². The number of benzene rings is 2. The molecule has 3 N–H and O–H groups in total.